The van der Waals surface area contributed by atoms with Crippen LogP contribution in [0.5, 0.6) is 5.75 Å². The van der Waals surface area contributed by atoms with Crippen molar-refractivity contribution >= 4 is 22.5 Å². The first-order valence-electron chi connectivity index (χ1n) is 6.54. The number of phenols is 1. The Morgan fingerprint density at radius 3 is 2.45 bits per heavy atom. The fraction of sp³-hybridized carbons (Fsp3) is 0.188. The minimum atomic E-state index is 0.225. The van der Waals surface area contributed by atoms with E-state index in [4.69, 9.17) is 16.7 Å². The van der Waals surface area contributed by atoms with Gasteiger partial charge in [0.2, 0.25) is 0 Å². The quantitative estimate of drug-likeness (QED) is 0.745. The summed E-state index contributed by atoms with van der Waals surface area (Å²) >= 11 is 6.33. The van der Waals surface area contributed by atoms with Crippen molar-refractivity contribution in [2.45, 2.75) is 19.9 Å². The summed E-state index contributed by atoms with van der Waals surface area (Å²) in [7, 11) is 0. The number of hydrogen-bond acceptors (Lipinski definition) is 2. The van der Waals surface area contributed by atoms with Crippen molar-refractivity contribution in [1.82, 2.24) is 9.78 Å². The number of para-hydroxylation sites is 1. The lowest BCUT2D eigenvalue weighted by atomic mass is 10.1. The van der Waals surface area contributed by atoms with Crippen LogP contribution in [0.3, 0.4) is 0 Å². The largest absolute Gasteiger partial charge is 0.508 e. The molecule has 0 aliphatic heterocycles. The second-order valence-electron chi connectivity index (χ2n) is 5.07. The average Bonchev–Trinajstić information content (AvgIpc) is 2.81. The zero-order valence-electron chi connectivity index (χ0n) is 11.3. The number of aromatic hydroxyl groups is 1. The van der Waals surface area contributed by atoms with Crippen LogP contribution in [0.15, 0.2) is 42.5 Å². The molecule has 0 unspecified atom stereocenters. The van der Waals surface area contributed by atoms with Crippen molar-refractivity contribution in [3.05, 3.63) is 47.5 Å². The monoisotopic (exact) mass is 286 g/mol. The van der Waals surface area contributed by atoms with Crippen molar-refractivity contribution in [2.24, 2.45) is 0 Å². The first-order valence-corrected chi connectivity index (χ1v) is 6.92. The molecule has 0 aliphatic carbocycles. The Bertz CT molecular complexity index is 760. The van der Waals surface area contributed by atoms with E-state index in [-0.39, 0.29) is 11.8 Å². The second kappa shape index (κ2) is 4.84. The van der Waals surface area contributed by atoms with Gasteiger partial charge in [0.25, 0.3) is 0 Å². The van der Waals surface area contributed by atoms with Crippen molar-refractivity contribution in [3.8, 4) is 17.0 Å². The number of halogens is 1. The van der Waals surface area contributed by atoms with Gasteiger partial charge in [0.15, 0.2) is 0 Å². The van der Waals surface area contributed by atoms with E-state index in [0.717, 1.165) is 22.2 Å². The van der Waals surface area contributed by atoms with Crippen molar-refractivity contribution in [3.63, 3.8) is 0 Å². The molecule has 0 atom stereocenters. The topological polar surface area (TPSA) is 38.0 Å². The van der Waals surface area contributed by atoms with Crippen LogP contribution in [0.4, 0.5) is 0 Å². The van der Waals surface area contributed by atoms with E-state index >= 15 is 0 Å². The minimum absolute atomic E-state index is 0.225. The lowest BCUT2D eigenvalue weighted by Gasteiger charge is -2.07. The highest BCUT2D eigenvalue weighted by atomic mass is 35.5. The molecular formula is C16H15ClN2O. The summed E-state index contributed by atoms with van der Waals surface area (Å²) in [6.07, 6.45) is 0. The van der Waals surface area contributed by atoms with Crippen LogP contribution in [0.25, 0.3) is 22.2 Å². The Hall–Kier alpha value is -2.00. The number of benzene rings is 2. The number of hydrogen-bond donors (Lipinski definition) is 1. The Labute approximate surface area is 122 Å². The van der Waals surface area contributed by atoms with Gasteiger partial charge >= 0.3 is 0 Å². The number of nitrogens with zero attached hydrogens (tertiary/aromatic N) is 2. The van der Waals surface area contributed by atoms with E-state index in [9.17, 15) is 5.11 Å². The summed E-state index contributed by atoms with van der Waals surface area (Å²) in [4.78, 5) is 0. The Morgan fingerprint density at radius 1 is 1.10 bits per heavy atom. The predicted octanol–water partition coefficient (Wildman–Crippen LogP) is 4.64. The van der Waals surface area contributed by atoms with E-state index in [2.05, 4.69) is 13.8 Å². The molecule has 3 rings (SSSR count). The number of fused-ring (bicyclic) bond motifs is 1. The van der Waals surface area contributed by atoms with Crippen molar-refractivity contribution < 1.29 is 5.11 Å². The molecule has 2 aromatic carbocycles. The van der Waals surface area contributed by atoms with Gasteiger partial charge in [0.05, 0.1) is 10.5 Å². The third kappa shape index (κ3) is 2.04. The van der Waals surface area contributed by atoms with Gasteiger partial charge in [-0.2, -0.15) is 5.10 Å². The third-order valence-electron chi connectivity index (χ3n) is 3.31. The van der Waals surface area contributed by atoms with E-state index in [1.807, 2.05) is 35.0 Å². The van der Waals surface area contributed by atoms with E-state index in [1.165, 1.54) is 0 Å². The number of rotatable bonds is 2. The van der Waals surface area contributed by atoms with Crippen LogP contribution >= 0.6 is 11.6 Å². The molecule has 0 saturated heterocycles. The minimum Gasteiger partial charge on any atom is -0.508 e. The molecule has 3 aromatic rings. The van der Waals surface area contributed by atoms with Crippen molar-refractivity contribution in [2.75, 3.05) is 0 Å². The molecule has 0 amide bonds. The van der Waals surface area contributed by atoms with E-state index in [0.29, 0.717) is 5.02 Å². The van der Waals surface area contributed by atoms with Crippen LogP contribution < -0.4 is 0 Å². The average molecular weight is 287 g/mol. The maximum absolute atomic E-state index is 9.41. The first-order chi connectivity index (χ1) is 9.58. The van der Waals surface area contributed by atoms with Crippen LogP contribution in [-0.2, 0) is 0 Å². The second-order valence-corrected chi connectivity index (χ2v) is 5.48. The lowest BCUT2D eigenvalue weighted by molar-refractivity contribution is 0.475. The maximum atomic E-state index is 9.41. The van der Waals surface area contributed by atoms with Crippen LogP contribution in [0.1, 0.15) is 19.9 Å². The molecular weight excluding hydrogens is 272 g/mol. The third-order valence-corrected chi connectivity index (χ3v) is 3.61. The van der Waals surface area contributed by atoms with Gasteiger partial charge in [-0.25, -0.2) is 0 Å². The molecule has 0 saturated carbocycles. The van der Waals surface area contributed by atoms with Gasteiger partial charge in [-0.15, -0.1) is 0 Å². The predicted molar refractivity (Wildman–Crippen MR) is 82.2 cm³/mol. The first kappa shape index (κ1) is 13.0. The molecule has 0 bridgehead atoms. The zero-order chi connectivity index (χ0) is 14.3. The molecule has 0 aliphatic rings. The van der Waals surface area contributed by atoms with Gasteiger partial charge in [-0.1, -0.05) is 23.7 Å². The fourth-order valence-electron chi connectivity index (χ4n) is 2.36. The molecule has 4 heteroatoms. The van der Waals surface area contributed by atoms with Crippen LogP contribution in [-0.4, -0.2) is 14.9 Å². The normalized spacial score (nSPS) is 11.4. The smallest absolute Gasteiger partial charge is 0.115 e. The Kier molecular flexibility index (Phi) is 3.14. The summed E-state index contributed by atoms with van der Waals surface area (Å²) < 4.78 is 1.94. The molecule has 0 radical (unpaired) electrons. The summed E-state index contributed by atoms with van der Waals surface area (Å²) in [5.74, 6) is 0.249. The zero-order valence-corrected chi connectivity index (χ0v) is 12.1. The Balaban J connectivity index is 2.31. The van der Waals surface area contributed by atoms with Crippen LogP contribution in [0.2, 0.25) is 5.02 Å². The van der Waals surface area contributed by atoms with E-state index < -0.39 is 0 Å². The highest BCUT2D eigenvalue weighted by Gasteiger charge is 2.16. The van der Waals surface area contributed by atoms with Crippen LogP contribution in [0, 0.1) is 0 Å². The van der Waals surface area contributed by atoms with Crippen molar-refractivity contribution in [1.29, 1.82) is 0 Å². The standard InChI is InChI=1S/C16H15ClN2O/c1-10(2)19-16-13(4-3-5-14(16)17)15(18-19)11-6-8-12(20)9-7-11/h3-10,20H,1-2H3. The molecule has 1 heterocycles. The number of aromatic nitrogens is 2. The molecule has 1 N–H and O–H groups in total. The molecule has 102 valence electrons. The summed E-state index contributed by atoms with van der Waals surface area (Å²) in [5, 5.41) is 15.8. The molecule has 1 aromatic heterocycles. The SMILES string of the molecule is CC(C)n1nc(-c2ccc(O)cc2)c2cccc(Cl)c21. The van der Waals surface area contributed by atoms with E-state index in [1.54, 1.807) is 12.1 Å². The lowest BCUT2D eigenvalue weighted by Crippen LogP contribution is -2.02. The Morgan fingerprint density at radius 2 is 1.80 bits per heavy atom. The fourth-order valence-corrected chi connectivity index (χ4v) is 2.62. The van der Waals surface area contributed by atoms with Gasteiger partial charge in [-0.3, -0.25) is 4.68 Å². The number of phenolic OH excluding ortho intramolecular Hbond substituents is 1. The summed E-state index contributed by atoms with van der Waals surface area (Å²) in [6, 6.07) is 13.1. The van der Waals surface area contributed by atoms with Gasteiger partial charge in [0.1, 0.15) is 11.4 Å². The highest BCUT2D eigenvalue weighted by Crippen LogP contribution is 2.34. The summed E-state index contributed by atoms with van der Waals surface area (Å²) in [6.45, 7) is 4.16. The molecule has 3 nitrogen and oxygen atoms in total. The molecule has 0 fully saturated rings. The van der Waals surface area contributed by atoms with Gasteiger partial charge < -0.3 is 5.11 Å². The van der Waals surface area contributed by atoms with Gasteiger partial charge in [-0.05, 0) is 44.2 Å². The maximum Gasteiger partial charge on any atom is 0.115 e. The molecule has 0 spiro atoms. The highest BCUT2D eigenvalue weighted by molar-refractivity contribution is 6.35. The molecule has 20 heavy (non-hydrogen) atoms. The summed E-state index contributed by atoms with van der Waals surface area (Å²) in [5.41, 5.74) is 2.80. The van der Waals surface area contributed by atoms with Gasteiger partial charge in [0, 0.05) is 17.0 Å².